The van der Waals surface area contributed by atoms with Gasteiger partial charge in [-0.1, -0.05) is 29.5 Å². The molecule has 0 fully saturated rings. The fourth-order valence-corrected chi connectivity index (χ4v) is 2.64. The van der Waals surface area contributed by atoms with Crippen LogP contribution >= 0.6 is 11.8 Å². The zero-order chi connectivity index (χ0) is 14.0. The molecule has 5 heteroatoms. The average Bonchev–Trinajstić information content (AvgIpc) is 2.36. The predicted molar refractivity (Wildman–Crippen MR) is 77.8 cm³/mol. The normalized spacial score (nSPS) is 10.5. The molecular formula is C14H16N4S. The second-order valence-electron chi connectivity index (χ2n) is 4.42. The van der Waals surface area contributed by atoms with E-state index in [2.05, 4.69) is 10.2 Å². The van der Waals surface area contributed by atoms with E-state index in [0.717, 1.165) is 16.2 Å². The predicted octanol–water partition coefficient (Wildman–Crippen LogP) is 2.84. The van der Waals surface area contributed by atoms with Crippen LogP contribution in [0, 0.1) is 26.2 Å². The van der Waals surface area contributed by atoms with Gasteiger partial charge in [0.15, 0.2) is 0 Å². The number of nitrogens with two attached hydrogens (primary N) is 1. The second kappa shape index (κ2) is 5.40. The van der Waals surface area contributed by atoms with Crippen molar-refractivity contribution in [3.63, 3.8) is 0 Å². The summed E-state index contributed by atoms with van der Waals surface area (Å²) in [5, 5.41) is 16.7. The minimum absolute atomic E-state index is 0.0325. The maximum Gasteiger partial charge on any atom is 0.135 e. The molecule has 2 rings (SSSR count). The van der Waals surface area contributed by atoms with Crippen molar-refractivity contribution in [1.29, 1.82) is 5.41 Å². The highest BCUT2D eigenvalue weighted by molar-refractivity contribution is 7.99. The highest BCUT2D eigenvalue weighted by Crippen LogP contribution is 2.30. The SMILES string of the molecule is Cc1ccc(Sc2nnc(C)c(C)c2C(=N)N)cc1. The van der Waals surface area contributed by atoms with Gasteiger partial charge in [0, 0.05) is 4.90 Å². The van der Waals surface area contributed by atoms with Crippen LogP contribution in [-0.4, -0.2) is 16.0 Å². The molecular weight excluding hydrogens is 256 g/mol. The number of aryl methyl sites for hydroxylation is 2. The van der Waals surface area contributed by atoms with Crippen LogP contribution < -0.4 is 5.73 Å². The quantitative estimate of drug-likeness (QED) is 0.665. The summed E-state index contributed by atoms with van der Waals surface area (Å²) in [5.41, 5.74) is 9.27. The Kier molecular flexibility index (Phi) is 3.85. The lowest BCUT2D eigenvalue weighted by molar-refractivity contribution is 0.872. The molecule has 0 saturated heterocycles. The third kappa shape index (κ3) is 2.93. The molecule has 98 valence electrons. The van der Waals surface area contributed by atoms with Gasteiger partial charge in [0.25, 0.3) is 0 Å². The number of benzene rings is 1. The standard InChI is InChI=1S/C14H16N4S/c1-8-4-6-11(7-5-8)19-14-12(13(15)16)9(2)10(3)17-18-14/h4-7H,1-3H3,(H3,15,16). The molecule has 0 bridgehead atoms. The Morgan fingerprint density at radius 1 is 1.11 bits per heavy atom. The summed E-state index contributed by atoms with van der Waals surface area (Å²) in [5.74, 6) is 0.0325. The van der Waals surface area contributed by atoms with Gasteiger partial charge in [-0.25, -0.2) is 0 Å². The van der Waals surface area contributed by atoms with Crippen molar-refractivity contribution in [2.75, 3.05) is 0 Å². The Morgan fingerprint density at radius 2 is 1.74 bits per heavy atom. The molecule has 0 unspecified atom stereocenters. The first kappa shape index (κ1) is 13.5. The van der Waals surface area contributed by atoms with Crippen molar-refractivity contribution < 1.29 is 0 Å². The van der Waals surface area contributed by atoms with Crippen LogP contribution in [-0.2, 0) is 0 Å². The molecule has 0 atom stereocenters. The maximum absolute atomic E-state index is 7.71. The summed E-state index contributed by atoms with van der Waals surface area (Å²) in [6, 6.07) is 8.15. The molecule has 0 spiro atoms. The minimum atomic E-state index is 0.0325. The van der Waals surface area contributed by atoms with Crippen LogP contribution in [0.15, 0.2) is 34.2 Å². The molecule has 1 aromatic heterocycles. The summed E-state index contributed by atoms with van der Waals surface area (Å²) in [6.45, 7) is 5.83. The fourth-order valence-electron chi connectivity index (χ4n) is 1.69. The number of hydrogen-bond donors (Lipinski definition) is 2. The number of nitrogens with one attached hydrogen (secondary N) is 1. The van der Waals surface area contributed by atoms with Crippen LogP contribution in [0.25, 0.3) is 0 Å². The topological polar surface area (TPSA) is 75.7 Å². The van der Waals surface area contributed by atoms with E-state index < -0.39 is 0 Å². The van der Waals surface area contributed by atoms with Crippen molar-refractivity contribution >= 4 is 17.6 Å². The highest BCUT2D eigenvalue weighted by atomic mass is 32.2. The lowest BCUT2D eigenvalue weighted by Gasteiger charge is -2.11. The number of nitrogen functional groups attached to an aromatic ring is 1. The van der Waals surface area contributed by atoms with Gasteiger partial charge in [0.1, 0.15) is 10.9 Å². The van der Waals surface area contributed by atoms with Gasteiger partial charge in [0.2, 0.25) is 0 Å². The first-order valence-electron chi connectivity index (χ1n) is 5.92. The van der Waals surface area contributed by atoms with Crippen LogP contribution in [0.2, 0.25) is 0 Å². The number of rotatable bonds is 3. The Hall–Kier alpha value is -1.88. The lowest BCUT2D eigenvalue weighted by atomic mass is 10.1. The molecule has 19 heavy (non-hydrogen) atoms. The van der Waals surface area contributed by atoms with Crippen molar-refractivity contribution in [1.82, 2.24) is 10.2 Å². The van der Waals surface area contributed by atoms with Gasteiger partial charge in [0.05, 0.1) is 11.3 Å². The average molecular weight is 272 g/mol. The number of amidine groups is 1. The van der Waals surface area contributed by atoms with Crippen LogP contribution in [0.3, 0.4) is 0 Å². The summed E-state index contributed by atoms with van der Waals surface area (Å²) in [4.78, 5) is 1.06. The van der Waals surface area contributed by atoms with Gasteiger partial charge < -0.3 is 5.73 Å². The number of aromatic nitrogens is 2. The van der Waals surface area contributed by atoms with E-state index in [1.54, 1.807) is 0 Å². The molecule has 0 saturated carbocycles. The smallest absolute Gasteiger partial charge is 0.135 e. The molecule has 0 amide bonds. The molecule has 4 nitrogen and oxygen atoms in total. The summed E-state index contributed by atoms with van der Waals surface area (Å²) in [7, 11) is 0. The molecule has 0 aliphatic rings. The van der Waals surface area contributed by atoms with E-state index >= 15 is 0 Å². The Labute approximate surface area is 117 Å². The summed E-state index contributed by atoms with van der Waals surface area (Å²) >= 11 is 1.48. The van der Waals surface area contributed by atoms with Crippen molar-refractivity contribution in [2.45, 2.75) is 30.7 Å². The van der Waals surface area contributed by atoms with E-state index in [1.807, 2.05) is 45.0 Å². The van der Waals surface area contributed by atoms with E-state index in [9.17, 15) is 0 Å². The number of nitrogens with zero attached hydrogens (tertiary/aromatic N) is 2. The van der Waals surface area contributed by atoms with E-state index in [4.69, 9.17) is 11.1 Å². The number of hydrogen-bond acceptors (Lipinski definition) is 4. The molecule has 1 aromatic carbocycles. The van der Waals surface area contributed by atoms with Gasteiger partial charge in [-0.3, -0.25) is 5.41 Å². The van der Waals surface area contributed by atoms with E-state index in [0.29, 0.717) is 10.6 Å². The summed E-state index contributed by atoms with van der Waals surface area (Å²) < 4.78 is 0. The van der Waals surface area contributed by atoms with E-state index in [1.165, 1.54) is 17.3 Å². The molecule has 0 aliphatic carbocycles. The molecule has 0 aliphatic heterocycles. The van der Waals surface area contributed by atoms with Crippen molar-refractivity contribution in [2.24, 2.45) is 5.73 Å². The van der Waals surface area contributed by atoms with Crippen molar-refractivity contribution in [3.05, 3.63) is 46.6 Å². The summed E-state index contributed by atoms with van der Waals surface area (Å²) in [6.07, 6.45) is 0. The van der Waals surface area contributed by atoms with Crippen LogP contribution in [0.1, 0.15) is 22.4 Å². The molecule has 2 aromatic rings. The van der Waals surface area contributed by atoms with Crippen LogP contribution in [0.4, 0.5) is 0 Å². The van der Waals surface area contributed by atoms with Crippen molar-refractivity contribution in [3.8, 4) is 0 Å². The Morgan fingerprint density at radius 3 is 2.32 bits per heavy atom. The first-order valence-corrected chi connectivity index (χ1v) is 6.73. The zero-order valence-electron chi connectivity index (χ0n) is 11.2. The lowest BCUT2D eigenvalue weighted by Crippen LogP contribution is -2.16. The van der Waals surface area contributed by atoms with Gasteiger partial charge in [-0.2, -0.15) is 5.10 Å². The largest absolute Gasteiger partial charge is 0.384 e. The first-order chi connectivity index (χ1) is 8.99. The monoisotopic (exact) mass is 272 g/mol. The Balaban J connectivity index is 2.42. The molecule has 3 N–H and O–H groups in total. The Bertz CT molecular complexity index is 620. The van der Waals surface area contributed by atoms with Gasteiger partial charge in [-0.15, -0.1) is 5.10 Å². The van der Waals surface area contributed by atoms with E-state index in [-0.39, 0.29) is 5.84 Å². The maximum atomic E-state index is 7.71. The fraction of sp³-hybridized carbons (Fsp3) is 0.214. The molecule has 0 radical (unpaired) electrons. The molecule has 1 heterocycles. The second-order valence-corrected chi connectivity index (χ2v) is 5.48. The van der Waals surface area contributed by atoms with Crippen LogP contribution in [0.5, 0.6) is 0 Å². The van der Waals surface area contributed by atoms with Gasteiger partial charge in [-0.05, 0) is 38.5 Å². The zero-order valence-corrected chi connectivity index (χ0v) is 12.0. The third-order valence-corrected chi connectivity index (χ3v) is 3.91. The highest BCUT2D eigenvalue weighted by Gasteiger charge is 2.14. The minimum Gasteiger partial charge on any atom is -0.384 e. The van der Waals surface area contributed by atoms with Gasteiger partial charge >= 0.3 is 0 Å². The third-order valence-electron chi connectivity index (χ3n) is 2.93.